The minimum absolute atomic E-state index is 0.0650. The van der Waals surface area contributed by atoms with E-state index in [4.69, 9.17) is 30.0 Å². The van der Waals surface area contributed by atoms with Crippen molar-refractivity contribution in [3.8, 4) is 11.5 Å². The maximum atomic E-state index is 13.7. The van der Waals surface area contributed by atoms with Gasteiger partial charge in [-0.15, -0.1) is 0 Å². The lowest BCUT2D eigenvalue weighted by atomic mass is 9.97. The third kappa shape index (κ3) is 3.09. The molecule has 1 aliphatic rings. The van der Waals surface area contributed by atoms with E-state index in [0.717, 1.165) is 5.56 Å². The molecule has 4 aromatic rings. The highest BCUT2D eigenvalue weighted by molar-refractivity contribution is 6.32. The van der Waals surface area contributed by atoms with Crippen molar-refractivity contribution in [2.24, 2.45) is 0 Å². The molecule has 0 saturated carbocycles. The quantitative estimate of drug-likeness (QED) is 0.425. The van der Waals surface area contributed by atoms with E-state index in [0.29, 0.717) is 27.8 Å². The fourth-order valence-electron chi connectivity index (χ4n) is 4.22. The number of hydrogen-bond donors (Lipinski definition) is 0. The molecule has 1 amide bonds. The van der Waals surface area contributed by atoms with E-state index in [1.54, 1.807) is 50.2 Å². The molecule has 0 radical (unpaired) electrons. The number of aromatic nitrogens is 1. The van der Waals surface area contributed by atoms with Gasteiger partial charge in [0.05, 0.1) is 25.2 Å². The molecule has 0 aliphatic carbocycles. The van der Waals surface area contributed by atoms with Crippen molar-refractivity contribution in [2.75, 3.05) is 19.1 Å². The Hall–Kier alpha value is -3.78. The van der Waals surface area contributed by atoms with Gasteiger partial charge in [0.25, 0.3) is 5.91 Å². The number of anilines is 1. The third-order valence-electron chi connectivity index (χ3n) is 5.74. The van der Waals surface area contributed by atoms with Crippen molar-refractivity contribution in [3.05, 3.63) is 79.9 Å². The highest BCUT2D eigenvalue weighted by Crippen LogP contribution is 2.46. The maximum Gasteiger partial charge on any atom is 0.296 e. The van der Waals surface area contributed by atoms with Gasteiger partial charge in [0.1, 0.15) is 17.4 Å². The molecule has 0 saturated heterocycles. The molecule has 0 N–H and O–H groups in total. The summed E-state index contributed by atoms with van der Waals surface area (Å²) in [6.45, 7) is 3.51. The molecule has 8 nitrogen and oxygen atoms in total. The van der Waals surface area contributed by atoms with Crippen LogP contribution < -0.4 is 19.8 Å². The number of amides is 1. The van der Waals surface area contributed by atoms with Gasteiger partial charge in [0, 0.05) is 16.7 Å². The molecule has 0 bridgehead atoms. The zero-order valence-electron chi connectivity index (χ0n) is 18.3. The predicted molar refractivity (Wildman–Crippen MR) is 122 cm³/mol. The zero-order valence-corrected chi connectivity index (χ0v) is 19.0. The first-order valence-electron chi connectivity index (χ1n) is 10.1. The highest BCUT2D eigenvalue weighted by atomic mass is 35.5. The number of aryl methyl sites for hydroxylation is 2. The number of nitrogens with zero attached hydrogens (tertiary/aromatic N) is 2. The van der Waals surface area contributed by atoms with Gasteiger partial charge < -0.3 is 18.4 Å². The van der Waals surface area contributed by atoms with Crippen molar-refractivity contribution in [2.45, 2.75) is 19.9 Å². The van der Waals surface area contributed by atoms with Crippen LogP contribution in [0, 0.1) is 13.8 Å². The Morgan fingerprint density at radius 3 is 2.55 bits per heavy atom. The van der Waals surface area contributed by atoms with Gasteiger partial charge in [-0.05, 0) is 37.6 Å². The van der Waals surface area contributed by atoms with Gasteiger partial charge in [-0.25, -0.2) is 0 Å². The number of hydrogen-bond acceptors (Lipinski definition) is 7. The summed E-state index contributed by atoms with van der Waals surface area (Å²) < 4.78 is 22.3. The average Bonchev–Trinajstić information content (AvgIpc) is 3.35. The van der Waals surface area contributed by atoms with Crippen LogP contribution >= 0.6 is 11.6 Å². The molecular formula is C24H19ClN2O6. The Labute approximate surface area is 193 Å². The van der Waals surface area contributed by atoms with Gasteiger partial charge in [-0.1, -0.05) is 28.9 Å². The summed E-state index contributed by atoms with van der Waals surface area (Å²) in [7, 11) is 3.01. The summed E-state index contributed by atoms with van der Waals surface area (Å²) in [5.41, 5.74) is 1.35. The lowest BCUT2D eigenvalue weighted by Crippen LogP contribution is -2.30. The van der Waals surface area contributed by atoms with E-state index in [2.05, 4.69) is 5.16 Å². The van der Waals surface area contributed by atoms with Crippen LogP contribution in [-0.4, -0.2) is 25.3 Å². The van der Waals surface area contributed by atoms with Gasteiger partial charge >= 0.3 is 0 Å². The second kappa shape index (κ2) is 7.67. The van der Waals surface area contributed by atoms with E-state index in [1.165, 1.54) is 19.1 Å². The Kier molecular flexibility index (Phi) is 4.90. The van der Waals surface area contributed by atoms with Gasteiger partial charge in [-0.2, -0.15) is 0 Å². The number of halogens is 1. The minimum atomic E-state index is -0.886. The second-order valence-electron chi connectivity index (χ2n) is 7.73. The summed E-state index contributed by atoms with van der Waals surface area (Å²) in [5, 5.41) is 4.73. The number of fused-ring (bicyclic) bond motifs is 2. The van der Waals surface area contributed by atoms with Gasteiger partial charge in [-0.3, -0.25) is 14.5 Å². The first-order valence-corrected chi connectivity index (χ1v) is 10.5. The first kappa shape index (κ1) is 21.1. The Balaban J connectivity index is 1.87. The number of carbonyl (C=O) groups excluding carboxylic acids is 1. The van der Waals surface area contributed by atoms with Crippen LogP contribution in [0.4, 0.5) is 5.82 Å². The minimum Gasteiger partial charge on any atom is -0.493 e. The largest absolute Gasteiger partial charge is 0.493 e. The fraction of sp³-hybridized carbons (Fsp3) is 0.208. The molecule has 3 heterocycles. The van der Waals surface area contributed by atoms with Crippen molar-refractivity contribution in [1.29, 1.82) is 0 Å². The number of rotatable bonds is 4. The molecule has 2 aromatic carbocycles. The van der Waals surface area contributed by atoms with Crippen LogP contribution in [0.15, 0.2) is 50.1 Å². The molecule has 33 heavy (non-hydrogen) atoms. The Morgan fingerprint density at radius 1 is 1.09 bits per heavy atom. The van der Waals surface area contributed by atoms with E-state index < -0.39 is 11.9 Å². The molecule has 1 aliphatic heterocycles. The molecule has 1 atom stereocenters. The smallest absolute Gasteiger partial charge is 0.296 e. The van der Waals surface area contributed by atoms with Crippen molar-refractivity contribution >= 4 is 34.3 Å². The van der Waals surface area contributed by atoms with E-state index in [9.17, 15) is 9.59 Å². The number of para-hydroxylation sites is 1. The Bertz CT molecular complexity index is 1490. The first-order chi connectivity index (χ1) is 15.8. The lowest BCUT2D eigenvalue weighted by Gasteiger charge is -2.24. The van der Waals surface area contributed by atoms with Crippen LogP contribution in [0.1, 0.15) is 39.0 Å². The monoisotopic (exact) mass is 466 g/mol. The number of carbonyl (C=O) groups is 1. The van der Waals surface area contributed by atoms with E-state index >= 15 is 0 Å². The van der Waals surface area contributed by atoms with Crippen LogP contribution in [-0.2, 0) is 0 Å². The summed E-state index contributed by atoms with van der Waals surface area (Å²) in [5.74, 6) is 1.02. The topological polar surface area (TPSA) is 95.0 Å². The molecule has 9 heteroatoms. The standard InChI is InChI=1S/C24H19ClN2O6/c1-11-8-17-14(10-15(11)25)21(28)19-20(13-6-5-7-16(30-3)22(13)31-4)27(24(29)23(19)32-17)18-9-12(2)33-26-18/h5-10,20H,1-4H3/t20-/m1/s1. The van der Waals surface area contributed by atoms with Crippen LogP contribution in [0.2, 0.25) is 5.02 Å². The maximum absolute atomic E-state index is 13.7. The average molecular weight is 467 g/mol. The zero-order chi connectivity index (χ0) is 23.4. The fourth-order valence-corrected chi connectivity index (χ4v) is 4.38. The number of benzene rings is 2. The summed E-state index contributed by atoms with van der Waals surface area (Å²) >= 11 is 6.29. The molecule has 5 rings (SSSR count). The van der Waals surface area contributed by atoms with Crippen LogP contribution in [0.5, 0.6) is 11.5 Å². The van der Waals surface area contributed by atoms with Crippen molar-refractivity contribution < 1.29 is 23.2 Å². The summed E-state index contributed by atoms with van der Waals surface area (Å²) in [6, 6.07) is 9.20. The van der Waals surface area contributed by atoms with Crippen LogP contribution in [0.3, 0.4) is 0 Å². The number of methoxy groups -OCH3 is 2. The van der Waals surface area contributed by atoms with Crippen molar-refractivity contribution in [1.82, 2.24) is 5.16 Å². The SMILES string of the molecule is COc1cccc([C@@H]2c3c(oc4cc(C)c(Cl)cc4c3=O)C(=O)N2c2cc(C)on2)c1OC. The van der Waals surface area contributed by atoms with Gasteiger partial charge in [0.2, 0.25) is 5.76 Å². The molecule has 0 unspecified atom stereocenters. The second-order valence-corrected chi connectivity index (χ2v) is 8.13. The van der Waals surface area contributed by atoms with Gasteiger partial charge in [0.15, 0.2) is 22.7 Å². The van der Waals surface area contributed by atoms with E-state index in [1.807, 2.05) is 0 Å². The lowest BCUT2D eigenvalue weighted by molar-refractivity contribution is 0.0969. The molecular weight excluding hydrogens is 448 g/mol. The predicted octanol–water partition coefficient (Wildman–Crippen LogP) is 4.82. The highest BCUT2D eigenvalue weighted by Gasteiger charge is 2.46. The van der Waals surface area contributed by atoms with Crippen molar-refractivity contribution in [3.63, 3.8) is 0 Å². The molecule has 0 fully saturated rings. The summed E-state index contributed by atoms with van der Waals surface area (Å²) in [4.78, 5) is 28.7. The molecule has 2 aromatic heterocycles. The Morgan fingerprint density at radius 2 is 1.88 bits per heavy atom. The normalized spacial score (nSPS) is 15.2. The van der Waals surface area contributed by atoms with Crippen LogP contribution in [0.25, 0.3) is 11.0 Å². The summed E-state index contributed by atoms with van der Waals surface area (Å²) in [6.07, 6.45) is 0. The number of ether oxygens (including phenoxy) is 2. The van der Waals surface area contributed by atoms with E-state index in [-0.39, 0.29) is 33.5 Å². The molecule has 168 valence electrons. The molecule has 0 spiro atoms. The third-order valence-corrected chi connectivity index (χ3v) is 6.15.